The van der Waals surface area contributed by atoms with E-state index in [1.807, 2.05) is 69.2 Å². The van der Waals surface area contributed by atoms with Crippen molar-refractivity contribution in [1.82, 2.24) is 0 Å². The van der Waals surface area contributed by atoms with Crippen molar-refractivity contribution in [2.45, 2.75) is 245 Å². The molecule has 21 heteroatoms. The van der Waals surface area contributed by atoms with Gasteiger partial charge in [0.05, 0.1) is 29.6 Å². The Labute approximate surface area is 630 Å². The summed E-state index contributed by atoms with van der Waals surface area (Å²) in [6, 6.07) is 1.49. The Morgan fingerprint density at radius 1 is 0.500 bits per heavy atom. The summed E-state index contributed by atoms with van der Waals surface area (Å²) in [6.45, 7) is 67.2. The highest BCUT2D eigenvalue weighted by Crippen LogP contribution is 2.52. The number of carbonyl (C=O) groups is 8. The van der Waals surface area contributed by atoms with Gasteiger partial charge in [0, 0.05) is 76.2 Å². The van der Waals surface area contributed by atoms with Crippen LogP contribution in [0.5, 0.6) is 0 Å². The minimum atomic E-state index is -2.72. The number of aliphatic carboxylic acids is 1. The number of hydrogen-bond acceptors (Lipinski definition) is 18. The molecule has 16 atom stereocenters. The number of unbranched alkanes of at least 4 members (excludes halogenated alkanes) is 1. The summed E-state index contributed by atoms with van der Waals surface area (Å²) in [5, 5.41) is 10.2. The number of carboxylic acids is 1. The Bertz CT molecular complexity index is 2840. The molecule has 0 spiro atoms. The Balaban J connectivity index is 0.000000661. The van der Waals surface area contributed by atoms with Gasteiger partial charge in [0.15, 0.2) is 0 Å². The van der Waals surface area contributed by atoms with E-state index < -0.39 is 47.4 Å². The minimum absolute atomic E-state index is 0.0465. The number of cyclic esters (lactones) is 6. The predicted molar refractivity (Wildman–Crippen MR) is 417 cm³/mol. The first kappa shape index (κ1) is 97.2. The third kappa shape index (κ3) is 28.9. The van der Waals surface area contributed by atoms with Gasteiger partial charge < -0.3 is 51.6 Å². The van der Waals surface area contributed by atoms with Gasteiger partial charge in [-0.1, -0.05) is 190 Å². The molecule has 2 fully saturated rings. The van der Waals surface area contributed by atoms with E-state index in [0.29, 0.717) is 88.2 Å². The number of hydrogen-bond donors (Lipinski definition) is 2. The molecule has 596 valence electrons. The molecule has 3 aliphatic heterocycles. The van der Waals surface area contributed by atoms with E-state index in [4.69, 9.17) is 41.8 Å². The molecule has 6 rings (SSSR count). The number of rotatable bonds is 27. The van der Waals surface area contributed by atoms with Gasteiger partial charge in [-0.05, 0) is 183 Å². The van der Waals surface area contributed by atoms with Gasteiger partial charge in [-0.15, -0.1) is 0 Å². The molecule has 0 bridgehead atoms. The quantitative estimate of drug-likeness (QED) is 0.0147. The first-order valence-electron chi connectivity index (χ1n) is 38.6. The van der Waals surface area contributed by atoms with Crippen LogP contribution in [0, 0.1) is 116 Å². The van der Waals surface area contributed by atoms with Crippen molar-refractivity contribution in [3.63, 3.8) is 0 Å². The lowest BCUT2D eigenvalue weighted by atomic mass is 9.59. The number of Topliss-reactive ketones (excluding diaryl/α,β-unsaturated/α-hetero) is 1. The first-order valence-corrected chi connectivity index (χ1v) is 42.5. The molecule has 0 aromatic heterocycles. The highest BCUT2D eigenvalue weighted by atomic mass is 28.4. The molecule has 2 saturated heterocycles. The fraction of sp³-hybridized carbons (Fsp3) is 0.759. The normalized spacial score (nSPS) is 26.1. The number of ketones is 1. The molecule has 3 aliphatic carbocycles. The molecular formula is C83H143NO18Si2. The zero-order valence-corrected chi connectivity index (χ0v) is 72.0. The number of carboxylic acid groups (broad SMARTS) is 1. The van der Waals surface area contributed by atoms with Gasteiger partial charge in [-0.2, -0.15) is 0 Å². The van der Waals surface area contributed by atoms with Crippen LogP contribution in [0.4, 0.5) is 0 Å². The number of fused-ring (bicyclic) bond motifs is 2. The Kier molecular flexibility index (Phi) is 41.1. The lowest BCUT2D eigenvalue weighted by Gasteiger charge is -2.43. The number of esters is 6. The van der Waals surface area contributed by atoms with Crippen LogP contribution >= 0.6 is 0 Å². The Hall–Kier alpha value is -4.85. The summed E-state index contributed by atoms with van der Waals surface area (Å²) in [5.41, 5.74) is 10.9. The second-order valence-corrected chi connectivity index (χ2v) is 38.9. The highest BCUT2D eigenvalue weighted by Gasteiger charge is 2.57. The van der Waals surface area contributed by atoms with Gasteiger partial charge in [0.1, 0.15) is 5.78 Å². The van der Waals surface area contributed by atoms with Crippen molar-refractivity contribution in [2.75, 3.05) is 46.2 Å². The molecule has 0 aromatic carbocycles. The van der Waals surface area contributed by atoms with Crippen LogP contribution in [-0.4, -0.2) is 116 Å². The molecule has 6 aliphatic rings. The first-order chi connectivity index (χ1) is 48.0. The molecular weight excluding hydrogens is 1360 g/mol. The van der Waals surface area contributed by atoms with Crippen LogP contribution < -0.4 is 5.73 Å². The molecule has 19 nitrogen and oxygen atoms in total. The van der Waals surface area contributed by atoms with E-state index >= 15 is 0 Å². The fourth-order valence-electron chi connectivity index (χ4n) is 14.0. The molecule has 0 amide bonds. The van der Waals surface area contributed by atoms with Crippen LogP contribution in [-0.2, 0) is 79.1 Å². The van der Waals surface area contributed by atoms with E-state index in [2.05, 4.69) is 180 Å². The maximum atomic E-state index is 13.4. The van der Waals surface area contributed by atoms with E-state index in [1.165, 1.54) is 16.7 Å². The lowest BCUT2D eigenvalue weighted by Crippen LogP contribution is -2.46. The minimum Gasteiger partial charge on any atom is -0.481 e. The van der Waals surface area contributed by atoms with Gasteiger partial charge in [-0.3, -0.25) is 28.8 Å². The van der Waals surface area contributed by atoms with Crippen LogP contribution in [0.2, 0.25) is 12.1 Å². The predicted octanol–water partition coefficient (Wildman–Crippen LogP) is 17.6. The molecule has 104 heavy (non-hydrogen) atoms. The summed E-state index contributed by atoms with van der Waals surface area (Å²) >= 11 is 0. The third-order valence-corrected chi connectivity index (χ3v) is 28.9. The van der Waals surface area contributed by atoms with Crippen molar-refractivity contribution >= 4 is 65.2 Å². The Morgan fingerprint density at radius 2 is 0.827 bits per heavy atom. The second kappa shape index (κ2) is 44.0. The average molecular weight is 1500 g/mol. The summed E-state index contributed by atoms with van der Waals surface area (Å²) in [4.78, 5) is 93.6. The van der Waals surface area contributed by atoms with Gasteiger partial charge in [-0.25, -0.2) is 9.59 Å². The van der Waals surface area contributed by atoms with Crippen molar-refractivity contribution in [1.29, 1.82) is 0 Å². The van der Waals surface area contributed by atoms with E-state index in [9.17, 15) is 43.5 Å². The molecule has 3 heterocycles. The van der Waals surface area contributed by atoms with E-state index in [-0.39, 0.29) is 111 Å². The number of ether oxygens (including phenoxy) is 3. The van der Waals surface area contributed by atoms with Crippen molar-refractivity contribution < 1.29 is 84.2 Å². The second-order valence-electron chi connectivity index (χ2n) is 33.4. The Morgan fingerprint density at radius 3 is 1.12 bits per heavy atom. The maximum absolute atomic E-state index is 13.4. The van der Waals surface area contributed by atoms with Crippen molar-refractivity contribution in [2.24, 2.45) is 122 Å². The van der Waals surface area contributed by atoms with Crippen LogP contribution in [0.15, 0.2) is 70.9 Å². The largest absolute Gasteiger partial charge is 0.500 e. The lowest BCUT2D eigenvalue weighted by molar-refractivity contribution is -0.156. The molecule has 16 unspecified atom stereocenters. The molecule has 0 radical (unpaired) electrons. The molecule has 0 saturated carbocycles. The SMILES string of the molecule is C/C=C(C)/C=C/C(C)C(C)(C)C.CC1=CC(C(C)C(C)(C)C)C2C(=O)OC(=O)C2C1C.CC1=CC(C(C)C(C)(C)C)C2C(=O)OC(=O)C2C1C.CCO[Si](CCCCC(=O)C1C(C)C(C)=CC(C(C)C(C)(C)C)C1C(=O)O)(OCC)OCC.CCO[Si](CCCN)(OCC)OCC.O=C1C=CC(=O)O1. The number of carbonyl (C=O) groups excluding carboxylic acids is 7. The van der Waals surface area contributed by atoms with Crippen LogP contribution in [0.1, 0.15) is 233 Å². The summed E-state index contributed by atoms with van der Waals surface area (Å²) in [6.07, 6.45) is 18.0. The van der Waals surface area contributed by atoms with Crippen molar-refractivity contribution in [3.05, 3.63) is 70.9 Å². The number of allylic oxidation sites excluding steroid dienone is 10. The number of nitrogens with two attached hydrogens (primary N) is 1. The fourth-order valence-corrected chi connectivity index (χ4v) is 19.3. The van der Waals surface area contributed by atoms with E-state index in [1.54, 1.807) is 0 Å². The van der Waals surface area contributed by atoms with E-state index in [0.717, 1.165) is 36.6 Å². The van der Waals surface area contributed by atoms with Gasteiger partial charge in [0.2, 0.25) is 0 Å². The summed E-state index contributed by atoms with van der Waals surface area (Å²) < 4.78 is 48.5. The van der Waals surface area contributed by atoms with Crippen LogP contribution in [0.3, 0.4) is 0 Å². The molecule has 3 N–H and O–H groups in total. The van der Waals surface area contributed by atoms with Gasteiger partial charge >= 0.3 is 59.4 Å². The topological polar surface area (TPSA) is 266 Å². The standard InChI is InChI=1S/C26H48O6Si.2C16H24O3.C12H22.C9H23NO3Si.C4H2O3/c1-10-30-33(31-11-2,32-12-3)16-14-13-15-22(27)23-19(5)18(4)17-21(24(23)25(28)29)20(6)26(7,8)9;2*1-8-7-11(10(3)16(4,5)6)13-12(9(8)2)14(17)19-15(13)18;1-7-10(2)8-9-11(3)12(4,5)6;1-4-11-14(12-5-2,13-6-3)9-7-8-10;5-3-1-2-4(6)7-3/h17,19-21,23-24H,10-16H2,1-9H3,(H,28,29);2*7,9-13H,1-6H3;7-9,11H,1-6H3;4-10H2,1-3H3;1-2H/b;;;9-8+,10-7+;;. The highest BCUT2D eigenvalue weighted by molar-refractivity contribution is 6.61. The van der Waals surface area contributed by atoms with Gasteiger partial charge in [0.25, 0.3) is 0 Å². The summed E-state index contributed by atoms with van der Waals surface area (Å²) in [5.74, 6) is -4.00. The molecule has 0 aromatic rings. The average Bonchev–Trinajstić information content (AvgIpc) is 1.62. The summed E-state index contributed by atoms with van der Waals surface area (Å²) in [7, 11) is -5.12. The maximum Gasteiger partial charge on any atom is 0.500 e. The monoisotopic (exact) mass is 1500 g/mol. The van der Waals surface area contributed by atoms with Crippen LogP contribution in [0.25, 0.3) is 0 Å². The van der Waals surface area contributed by atoms with Crippen molar-refractivity contribution in [3.8, 4) is 0 Å². The smallest absolute Gasteiger partial charge is 0.481 e. The zero-order valence-electron chi connectivity index (χ0n) is 70.0. The third-order valence-electron chi connectivity index (χ3n) is 22.6. The zero-order chi connectivity index (χ0) is 80.4.